The van der Waals surface area contributed by atoms with Gasteiger partial charge in [-0.25, -0.2) is 4.98 Å². The molecule has 2 aromatic carbocycles. The van der Waals surface area contributed by atoms with Crippen LogP contribution >= 0.6 is 0 Å². The number of benzene rings is 2. The van der Waals surface area contributed by atoms with Crippen molar-refractivity contribution in [3.63, 3.8) is 0 Å². The number of ketones is 1. The summed E-state index contributed by atoms with van der Waals surface area (Å²) in [7, 11) is 3.08. The Bertz CT molecular complexity index is 1150. The summed E-state index contributed by atoms with van der Waals surface area (Å²) >= 11 is 0. The van der Waals surface area contributed by atoms with Gasteiger partial charge in [-0.1, -0.05) is 0 Å². The maximum absolute atomic E-state index is 12.7. The summed E-state index contributed by atoms with van der Waals surface area (Å²) in [6.45, 7) is 3.56. The quantitative estimate of drug-likeness (QED) is 0.652. The van der Waals surface area contributed by atoms with Crippen LogP contribution in [-0.2, 0) is 4.79 Å². The first kappa shape index (κ1) is 20.9. The zero-order valence-corrected chi connectivity index (χ0v) is 18.1. The summed E-state index contributed by atoms with van der Waals surface area (Å²) in [6.07, 6.45) is 2.75. The van der Waals surface area contributed by atoms with Crippen LogP contribution in [0.15, 0.2) is 41.2 Å². The van der Waals surface area contributed by atoms with E-state index in [4.69, 9.17) is 9.47 Å². The van der Waals surface area contributed by atoms with E-state index < -0.39 is 0 Å². The number of anilines is 1. The lowest BCUT2D eigenvalue weighted by Crippen LogP contribution is -2.34. The molecule has 1 aliphatic heterocycles. The van der Waals surface area contributed by atoms with Gasteiger partial charge in [0.25, 0.3) is 5.56 Å². The molecule has 0 saturated carbocycles. The number of aromatic nitrogens is 2. The number of piperidine rings is 1. The zero-order valence-electron chi connectivity index (χ0n) is 18.1. The Labute approximate surface area is 181 Å². The van der Waals surface area contributed by atoms with Crippen LogP contribution in [0.25, 0.3) is 22.3 Å². The summed E-state index contributed by atoms with van der Waals surface area (Å²) in [5.41, 5.74) is 2.23. The zero-order chi connectivity index (χ0) is 22.0. The van der Waals surface area contributed by atoms with Crippen LogP contribution in [0.5, 0.6) is 11.5 Å². The number of carbonyl (C=O) groups is 1. The molecule has 0 radical (unpaired) electrons. The summed E-state index contributed by atoms with van der Waals surface area (Å²) in [6, 6.07) is 11.5. The molecule has 7 nitrogen and oxygen atoms in total. The van der Waals surface area contributed by atoms with Gasteiger partial charge in [-0.2, -0.15) is 0 Å². The van der Waals surface area contributed by atoms with Crippen LogP contribution < -0.4 is 19.9 Å². The number of nitrogens with one attached hydrogen (secondary N) is 1. The van der Waals surface area contributed by atoms with Crippen LogP contribution in [0.2, 0.25) is 0 Å². The molecular formula is C24H27N3O4. The highest BCUT2D eigenvalue weighted by Crippen LogP contribution is 2.30. The Morgan fingerprint density at radius 3 is 2.45 bits per heavy atom. The Hall–Kier alpha value is -3.35. The third kappa shape index (κ3) is 4.40. The fraction of sp³-hybridized carbons (Fsp3) is 0.375. The van der Waals surface area contributed by atoms with Crippen molar-refractivity contribution in [3.05, 3.63) is 46.8 Å². The second-order valence-corrected chi connectivity index (χ2v) is 8.02. The Kier molecular flexibility index (Phi) is 5.93. The molecule has 0 aliphatic carbocycles. The number of methoxy groups -OCH3 is 2. The third-order valence-corrected chi connectivity index (χ3v) is 5.90. The Morgan fingerprint density at radius 2 is 1.84 bits per heavy atom. The topological polar surface area (TPSA) is 84.5 Å². The lowest BCUT2D eigenvalue weighted by atomic mass is 9.92. The number of hydrogen-bond donors (Lipinski definition) is 1. The van der Waals surface area contributed by atoms with E-state index in [1.165, 1.54) is 7.11 Å². The van der Waals surface area contributed by atoms with E-state index in [0.717, 1.165) is 37.2 Å². The van der Waals surface area contributed by atoms with E-state index in [-0.39, 0.29) is 11.3 Å². The average molecular weight is 421 g/mol. The van der Waals surface area contributed by atoms with Gasteiger partial charge in [0.15, 0.2) is 0 Å². The molecule has 1 N–H and O–H groups in total. The van der Waals surface area contributed by atoms with Gasteiger partial charge in [0.1, 0.15) is 28.5 Å². The Morgan fingerprint density at radius 1 is 1.13 bits per heavy atom. The van der Waals surface area contributed by atoms with Gasteiger partial charge in [0, 0.05) is 42.9 Å². The predicted molar refractivity (Wildman–Crippen MR) is 121 cm³/mol. The standard InChI is InChI=1S/C24H27N3O4/c1-15(28)12-16-8-10-27(11-9-16)18-6-4-17(5-7-18)23-25-20-13-19(30-2)14-21(31-3)22(20)24(29)26-23/h4-7,13-14,16H,8-12H2,1-3H3,(H,25,26,29). The SMILES string of the molecule is COc1cc(OC)c2c(=O)[nH]c(-c3ccc(N4CCC(CC(C)=O)CC4)cc3)nc2c1. The fourth-order valence-electron chi connectivity index (χ4n) is 4.26. The van der Waals surface area contributed by atoms with Gasteiger partial charge >= 0.3 is 0 Å². The summed E-state index contributed by atoms with van der Waals surface area (Å²) in [5.74, 6) is 2.28. The molecule has 4 rings (SSSR count). The highest BCUT2D eigenvalue weighted by Gasteiger charge is 2.20. The lowest BCUT2D eigenvalue weighted by molar-refractivity contribution is -0.118. The van der Waals surface area contributed by atoms with Crippen LogP contribution in [0.1, 0.15) is 26.2 Å². The fourth-order valence-corrected chi connectivity index (χ4v) is 4.26. The number of nitrogens with zero attached hydrogens (tertiary/aromatic N) is 2. The van der Waals surface area contributed by atoms with E-state index in [0.29, 0.717) is 40.6 Å². The molecule has 31 heavy (non-hydrogen) atoms. The highest BCUT2D eigenvalue weighted by molar-refractivity contribution is 5.87. The largest absolute Gasteiger partial charge is 0.497 e. The smallest absolute Gasteiger partial charge is 0.262 e. The van der Waals surface area contributed by atoms with Crippen LogP contribution in [-0.4, -0.2) is 43.1 Å². The third-order valence-electron chi connectivity index (χ3n) is 5.90. The molecule has 3 aromatic rings. The summed E-state index contributed by atoms with van der Waals surface area (Å²) < 4.78 is 10.6. The van der Waals surface area contributed by atoms with Crippen molar-refractivity contribution < 1.29 is 14.3 Å². The molecule has 2 heterocycles. The molecule has 1 fully saturated rings. The number of rotatable bonds is 6. The van der Waals surface area contributed by atoms with Gasteiger partial charge in [-0.15, -0.1) is 0 Å². The second kappa shape index (κ2) is 8.79. The molecule has 1 saturated heterocycles. The monoisotopic (exact) mass is 421 g/mol. The summed E-state index contributed by atoms with van der Waals surface area (Å²) in [4.78, 5) is 33.9. The molecule has 0 atom stereocenters. The maximum Gasteiger partial charge on any atom is 0.262 e. The van der Waals surface area contributed by atoms with Gasteiger partial charge < -0.3 is 24.2 Å². The minimum atomic E-state index is -0.254. The number of H-pyrrole nitrogens is 1. The van der Waals surface area contributed by atoms with Gasteiger partial charge in [0.05, 0.1) is 19.7 Å². The van der Waals surface area contributed by atoms with Crippen LogP contribution in [0.4, 0.5) is 5.69 Å². The predicted octanol–water partition coefficient (Wildman–Crippen LogP) is 3.80. The molecule has 7 heteroatoms. The van der Waals surface area contributed by atoms with Crippen molar-refractivity contribution in [1.82, 2.24) is 9.97 Å². The average Bonchev–Trinajstić information content (AvgIpc) is 2.78. The van der Waals surface area contributed by atoms with Crippen molar-refractivity contribution >= 4 is 22.4 Å². The molecule has 0 unspecified atom stereocenters. The first-order chi connectivity index (χ1) is 15.0. The van der Waals surface area contributed by atoms with E-state index in [9.17, 15) is 9.59 Å². The minimum Gasteiger partial charge on any atom is -0.497 e. The number of hydrogen-bond acceptors (Lipinski definition) is 6. The van der Waals surface area contributed by atoms with Crippen LogP contribution in [0.3, 0.4) is 0 Å². The number of fused-ring (bicyclic) bond motifs is 1. The normalized spacial score (nSPS) is 14.6. The second-order valence-electron chi connectivity index (χ2n) is 8.02. The van der Waals surface area contributed by atoms with E-state index >= 15 is 0 Å². The van der Waals surface area contributed by atoms with Gasteiger partial charge in [0.2, 0.25) is 0 Å². The maximum atomic E-state index is 12.7. The van der Waals surface area contributed by atoms with Gasteiger partial charge in [-0.05, 0) is 49.9 Å². The number of carbonyl (C=O) groups excluding carboxylic acids is 1. The van der Waals surface area contributed by atoms with Crippen molar-refractivity contribution in [1.29, 1.82) is 0 Å². The van der Waals surface area contributed by atoms with Crippen LogP contribution in [0, 0.1) is 5.92 Å². The Balaban J connectivity index is 1.58. The van der Waals surface area contributed by atoms with E-state index in [2.05, 4.69) is 27.0 Å². The lowest BCUT2D eigenvalue weighted by Gasteiger charge is -2.33. The first-order valence-corrected chi connectivity index (χ1v) is 10.5. The summed E-state index contributed by atoms with van der Waals surface area (Å²) in [5, 5.41) is 0.400. The first-order valence-electron chi connectivity index (χ1n) is 10.5. The number of aromatic amines is 1. The molecule has 1 aliphatic rings. The highest BCUT2D eigenvalue weighted by atomic mass is 16.5. The number of Topliss-reactive ketones (excluding diaryl/α,β-unsaturated/α-hetero) is 1. The van der Waals surface area contributed by atoms with Crippen molar-refractivity contribution in [3.8, 4) is 22.9 Å². The van der Waals surface area contributed by atoms with Crippen molar-refractivity contribution in [2.75, 3.05) is 32.2 Å². The molecule has 0 spiro atoms. The minimum absolute atomic E-state index is 0.254. The van der Waals surface area contributed by atoms with Gasteiger partial charge in [-0.3, -0.25) is 4.79 Å². The molecular weight excluding hydrogens is 394 g/mol. The molecule has 162 valence electrons. The van der Waals surface area contributed by atoms with E-state index in [1.54, 1.807) is 26.2 Å². The van der Waals surface area contributed by atoms with E-state index in [1.807, 2.05) is 12.1 Å². The van der Waals surface area contributed by atoms with Crippen molar-refractivity contribution in [2.45, 2.75) is 26.2 Å². The molecule has 0 bridgehead atoms. The molecule has 0 amide bonds. The van der Waals surface area contributed by atoms with Crippen molar-refractivity contribution in [2.24, 2.45) is 5.92 Å². The number of ether oxygens (including phenoxy) is 2. The molecule has 1 aromatic heterocycles.